The Morgan fingerprint density at radius 3 is 2.25 bits per heavy atom. The molecule has 2 N–H and O–H groups in total. The molecule has 0 bridgehead atoms. The summed E-state index contributed by atoms with van der Waals surface area (Å²) in [5.41, 5.74) is 10.2. The van der Waals surface area contributed by atoms with E-state index in [-0.39, 0.29) is 35.6 Å². The maximum Gasteiger partial charge on any atom is 0.329 e. The lowest BCUT2D eigenvalue weighted by molar-refractivity contribution is -0.121. The summed E-state index contributed by atoms with van der Waals surface area (Å²) in [5.74, 6) is 0.316. The number of carbonyl (C=O) groups is 3. The zero-order chi connectivity index (χ0) is 45.1. The molecule has 330 valence electrons. The van der Waals surface area contributed by atoms with Gasteiger partial charge in [-0.25, -0.2) is 14.3 Å². The topological polar surface area (TPSA) is 152 Å². The molecule has 5 heterocycles. The Hall–Kier alpha value is -6.93. The largest absolute Gasteiger partial charge is 0.369 e. The van der Waals surface area contributed by atoms with Gasteiger partial charge in [-0.15, -0.1) is 5.10 Å². The quantitative estimate of drug-likeness (QED) is 0.110. The van der Waals surface area contributed by atoms with Crippen LogP contribution >= 0.6 is 0 Å². The predicted octanol–water partition coefficient (Wildman–Crippen LogP) is 7.90. The van der Waals surface area contributed by atoms with Crippen molar-refractivity contribution in [2.45, 2.75) is 78.9 Å². The van der Waals surface area contributed by atoms with E-state index in [1.54, 1.807) is 22.3 Å². The normalized spacial score (nSPS) is 14.6. The van der Waals surface area contributed by atoms with E-state index in [0.29, 0.717) is 29.1 Å². The molecule has 64 heavy (non-hydrogen) atoms. The summed E-state index contributed by atoms with van der Waals surface area (Å²) in [6, 6.07) is 28.2. The fourth-order valence-electron chi connectivity index (χ4n) is 8.40. The average Bonchev–Trinajstić information content (AvgIpc) is 3.96. The molecule has 2 fully saturated rings. The van der Waals surface area contributed by atoms with E-state index in [2.05, 4.69) is 67.9 Å². The Balaban J connectivity index is 0.00000276. The fourth-order valence-corrected chi connectivity index (χ4v) is 8.40. The Morgan fingerprint density at radius 1 is 0.812 bits per heavy atom. The van der Waals surface area contributed by atoms with Crippen molar-refractivity contribution in [2.75, 3.05) is 36.4 Å². The lowest BCUT2D eigenvalue weighted by atomic mass is 10.0. The number of ketones is 2. The summed E-state index contributed by atoms with van der Waals surface area (Å²) in [4.78, 5) is 64.6. The minimum Gasteiger partial charge on any atom is -0.369 e. The summed E-state index contributed by atoms with van der Waals surface area (Å²) in [5, 5.41) is 11.1. The van der Waals surface area contributed by atoms with Gasteiger partial charge < -0.3 is 20.3 Å². The van der Waals surface area contributed by atoms with Gasteiger partial charge in [0.1, 0.15) is 5.78 Å². The smallest absolute Gasteiger partial charge is 0.329 e. The summed E-state index contributed by atoms with van der Waals surface area (Å²) in [6.07, 6.45) is 6.11. The number of nitrogens with zero attached hydrogens (tertiary/aromatic N) is 8. The second-order valence-corrected chi connectivity index (χ2v) is 16.7. The Labute approximate surface area is 372 Å². The lowest BCUT2D eigenvalue weighted by Crippen LogP contribution is -2.45. The fraction of sp³-hybridized carbons (Fsp3) is 0.340. The van der Waals surface area contributed by atoms with Crippen molar-refractivity contribution in [1.82, 2.24) is 38.9 Å². The van der Waals surface area contributed by atoms with Crippen LogP contribution in [0, 0.1) is 6.92 Å². The number of pyridine rings is 1. The number of carbonyl (C=O) groups excluding carboxylic acids is 3. The van der Waals surface area contributed by atoms with Crippen molar-refractivity contribution in [2.24, 2.45) is 7.05 Å². The van der Waals surface area contributed by atoms with Crippen molar-refractivity contribution in [3.05, 3.63) is 125 Å². The molecule has 0 spiro atoms. The van der Waals surface area contributed by atoms with Gasteiger partial charge in [0.15, 0.2) is 22.9 Å². The number of Topliss-reactive ketones (excluding diaryl/α,β-unsaturated/α-hetero) is 2. The van der Waals surface area contributed by atoms with Gasteiger partial charge in [-0.3, -0.25) is 28.6 Å². The van der Waals surface area contributed by atoms with E-state index in [1.807, 2.05) is 69.4 Å². The van der Waals surface area contributed by atoms with Gasteiger partial charge in [-0.05, 0) is 111 Å². The number of rotatable bonds is 14. The zero-order valence-electron chi connectivity index (χ0n) is 37.5. The third kappa shape index (κ3) is 9.37. The molecule has 1 amide bonds. The highest BCUT2D eigenvalue weighted by atomic mass is 16.2. The van der Waals surface area contributed by atoms with Crippen molar-refractivity contribution in [3.63, 3.8) is 0 Å². The third-order valence-corrected chi connectivity index (χ3v) is 12.0. The van der Waals surface area contributed by atoms with E-state index in [0.717, 1.165) is 90.3 Å². The van der Waals surface area contributed by atoms with Gasteiger partial charge in [0.2, 0.25) is 0 Å². The van der Waals surface area contributed by atoms with Crippen LogP contribution in [0.1, 0.15) is 81.0 Å². The molecule has 1 aliphatic carbocycles. The minimum atomic E-state index is -0.681. The van der Waals surface area contributed by atoms with Crippen LogP contribution in [0.3, 0.4) is 0 Å². The third-order valence-electron chi connectivity index (χ3n) is 12.0. The number of anilines is 3. The van der Waals surface area contributed by atoms with Crippen LogP contribution in [0.5, 0.6) is 0 Å². The van der Waals surface area contributed by atoms with E-state index in [4.69, 9.17) is 10.1 Å². The average molecular weight is 861 g/mol. The van der Waals surface area contributed by atoms with E-state index < -0.39 is 6.04 Å². The number of nitrogens with one attached hydrogen (secondary N) is 2. The molecule has 0 radical (unpaired) electrons. The Morgan fingerprint density at radius 2 is 1.56 bits per heavy atom. The molecular weight excluding hydrogens is 805 g/mol. The maximum absolute atomic E-state index is 13.3. The van der Waals surface area contributed by atoms with E-state index in [9.17, 15) is 19.2 Å². The number of fused-ring (bicyclic) bond motifs is 2. The number of piperazine rings is 1. The van der Waals surface area contributed by atoms with Gasteiger partial charge in [0, 0.05) is 75.4 Å². The summed E-state index contributed by atoms with van der Waals surface area (Å²) in [6.45, 7) is 13.4. The molecule has 1 saturated carbocycles. The first-order chi connectivity index (χ1) is 31.0. The molecule has 7 aromatic rings. The van der Waals surface area contributed by atoms with Crippen LogP contribution in [-0.4, -0.2) is 83.3 Å². The standard InChI is InChI=1S/C48H50N10O4.C2H6/c1-30-24-45(53-58-44(28-50-46(30)58)47(61)52-37-13-14-37)51-38-7-5-6-36(25-38)40-17-9-33(27-49-40)29-55-20-22-56(23-21-55)39-15-10-34(11-16-39)35-12-19-42-43(26-35)54(4)48(62)57(42)41(32(3)60)18-8-31(2)59;1-2/h5-7,9-12,15-17,19,24-28,37,41H,8,13-14,18,20-23,29H2,1-4H3,(H,51,53)(H,52,61);1-2H3. The first kappa shape index (κ1) is 43.7. The second kappa shape index (κ2) is 18.8. The Bertz CT molecular complexity index is 2880. The highest BCUT2D eigenvalue weighted by molar-refractivity contribution is 5.93. The first-order valence-electron chi connectivity index (χ1n) is 22.3. The second-order valence-electron chi connectivity index (χ2n) is 16.7. The summed E-state index contributed by atoms with van der Waals surface area (Å²) in [7, 11) is 1.72. The van der Waals surface area contributed by atoms with Gasteiger partial charge in [-0.2, -0.15) is 0 Å². The molecular formula is C50H56N10O4. The highest BCUT2D eigenvalue weighted by Gasteiger charge is 2.27. The molecule has 1 saturated heterocycles. The van der Waals surface area contributed by atoms with E-state index in [1.165, 1.54) is 24.1 Å². The summed E-state index contributed by atoms with van der Waals surface area (Å²) < 4.78 is 4.73. The highest BCUT2D eigenvalue weighted by Crippen LogP contribution is 2.30. The summed E-state index contributed by atoms with van der Waals surface area (Å²) >= 11 is 0. The molecule has 1 unspecified atom stereocenters. The molecule has 9 rings (SSSR count). The van der Waals surface area contributed by atoms with Gasteiger partial charge in [-0.1, -0.05) is 50.2 Å². The number of amides is 1. The molecule has 1 atom stereocenters. The maximum atomic E-state index is 13.3. The molecule has 14 heteroatoms. The van der Waals surface area contributed by atoms with Crippen molar-refractivity contribution >= 4 is 51.3 Å². The molecule has 14 nitrogen and oxygen atoms in total. The van der Waals surface area contributed by atoms with Crippen molar-refractivity contribution < 1.29 is 14.4 Å². The lowest BCUT2D eigenvalue weighted by Gasteiger charge is -2.36. The van der Waals surface area contributed by atoms with Crippen LogP contribution in [0.15, 0.2) is 102 Å². The van der Waals surface area contributed by atoms with Crippen LogP contribution in [0.25, 0.3) is 39.1 Å². The number of benzene rings is 3. The number of aryl methyl sites for hydroxylation is 2. The predicted molar refractivity (Wildman–Crippen MR) is 252 cm³/mol. The molecule has 2 aliphatic rings. The molecule has 3 aromatic carbocycles. The Kier molecular flexibility index (Phi) is 12.8. The van der Waals surface area contributed by atoms with Gasteiger partial charge in [0.05, 0.1) is 29.0 Å². The zero-order valence-corrected chi connectivity index (χ0v) is 37.5. The van der Waals surface area contributed by atoms with Crippen LogP contribution in [-0.2, 0) is 23.2 Å². The minimum absolute atomic E-state index is 0.00641. The number of hydrogen-bond acceptors (Lipinski definition) is 10. The first-order valence-corrected chi connectivity index (χ1v) is 22.3. The van der Waals surface area contributed by atoms with Crippen LogP contribution in [0.2, 0.25) is 0 Å². The van der Waals surface area contributed by atoms with Crippen LogP contribution < -0.4 is 21.2 Å². The van der Waals surface area contributed by atoms with Crippen molar-refractivity contribution in [3.8, 4) is 22.4 Å². The number of aromatic nitrogens is 6. The van der Waals surface area contributed by atoms with Crippen LogP contribution in [0.4, 0.5) is 17.2 Å². The number of imidazole rings is 2. The molecule has 1 aliphatic heterocycles. The van der Waals surface area contributed by atoms with Gasteiger partial charge in [0.25, 0.3) is 5.91 Å². The van der Waals surface area contributed by atoms with Gasteiger partial charge >= 0.3 is 5.69 Å². The molecule has 4 aromatic heterocycles. The monoisotopic (exact) mass is 860 g/mol. The SMILES string of the molecule is CC.CC(=O)CCC(C(C)=O)n1c(=O)n(C)c2cc(-c3ccc(N4CCN(Cc5ccc(-c6cccc(Nc7cc(C)c8ncc(C(=O)NC9CC9)n8n7)c6)nc5)CC4)cc3)ccc21. The number of hydrogen-bond donors (Lipinski definition) is 2. The van der Waals surface area contributed by atoms with E-state index >= 15 is 0 Å². The van der Waals surface area contributed by atoms with Crippen molar-refractivity contribution in [1.29, 1.82) is 0 Å².